The van der Waals surface area contributed by atoms with Gasteiger partial charge < -0.3 is 10.6 Å². The van der Waals surface area contributed by atoms with Crippen molar-refractivity contribution in [3.05, 3.63) is 48.3 Å². The Kier molecular flexibility index (Phi) is 5.70. The first-order valence-electron chi connectivity index (χ1n) is 6.78. The quantitative estimate of drug-likeness (QED) is 0.766. The van der Waals surface area contributed by atoms with Gasteiger partial charge in [0.05, 0.1) is 5.54 Å². The Hall–Kier alpha value is -1.19. The van der Waals surface area contributed by atoms with E-state index in [4.69, 9.17) is 5.73 Å². The van der Waals surface area contributed by atoms with E-state index in [2.05, 4.69) is 18.4 Å². The van der Waals surface area contributed by atoms with E-state index >= 15 is 0 Å². The van der Waals surface area contributed by atoms with Gasteiger partial charge in [-0.2, -0.15) is 0 Å². The zero-order chi connectivity index (χ0) is 14.5. The van der Waals surface area contributed by atoms with Crippen LogP contribution in [0.1, 0.15) is 31.7 Å². The second-order valence-corrected chi connectivity index (χ2v) is 5.31. The first-order valence-corrected chi connectivity index (χ1v) is 6.78. The van der Waals surface area contributed by atoms with Crippen LogP contribution in [-0.4, -0.2) is 25.0 Å². The van der Waals surface area contributed by atoms with Crippen molar-refractivity contribution in [2.45, 2.75) is 37.8 Å². The standard InChI is InChI=1S/C16H25FN2/c1-5-7-15(19(3)4)16(18,12-6-2)13-8-10-14(17)11-9-13/h6,8-11,15H,2,5,7,12,18H2,1,3-4H3. The molecule has 19 heavy (non-hydrogen) atoms. The fourth-order valence-corrected chi connectivity index (χ4v) is 2.70. The number of rotatable bonds is 7. The summed E-state index contributed by atoms with van der Waals surface area (Å²) in [5.41, 5.74) is 7.10. The van der Waals surface area contributed by atoms with E-state index in [1.807, 2.05) is 20.2 Å². The van der Waals surface area contributed by atoms with Crippen molar-refractivity contribution in [1.82, 2.24) is 4.90 Å². The maximum Gasteiger partial charge on any atom is 0.123 e. The summed E-state index contributed by atoms with van der Waals surface area (Å²) >= 11 is 0. The van der Waals surface area contributed by atoms with Crippen LogP contribution in [0.2, 0.25) is 0 Å². The summed E-state index contributed by atoms with van der Waals surface area (Å²) in [5.74, 6) is -0.235. The number of hydrogen-bond donors (Lipinski definition) is 1. The number of nitrogens with two attached hydrogens (primary N) is 1. The molecule has 106 valence electrons. The molecule has 0 aromatic heterocycles. The third kappa shape index (κ3) is 3.64. The van der Waals surface area contributed by atoms with Crippen molar-refractivity contribution in [2.24, 2.45) is 5.73 Å². The minimum absolute atomic E-state index is 0.195. The molecular weight excluding hydrogens is 239 g/mol. The molecule has 0 heterocycles. The molecule has 0 saturated heterocycles. The zero-order valence-corrected chi connectivity index (χ0v) is 12.2. The van der Waals surface area contributed by atoms with E-state index in [0.29, 0.717) is 6.42 Å². The van der Waals surface area contributed by atoms with Crippen LogP contribution in [0.25, 0.3) is 0 Å². The van der Waals surface area contributed by atoms with E-state index < -0.39 is 5.54 Å². The molecule has 2 N–H and O–H groups in total. The minimum Gasteiger partial charge on any atom is -0.320 e. The highest BCUT2D eigenvalue weighted by Crippen LogP contribution is 2.31. The van der Waals surface area contributed by atoms with Crippen LogP contribution in [0.5, 0.6) is 0 Å². The summed E-state index contributed by atoms with van der Waals surface area (Å²) < 4.78 is 13.1. The topological polar surface area (TPSA) is 29.3 Å². The number of hydrogen-bond acceptors (Lipinski definition) is 2. The van der Waals surface area contributed by atoms with Gasteiger partial charge in [0.25, 0.3) is 0 Å². The van der Waals surface area contributed by atoms with E-state index in [1.54, 1.807) is 12.1 Å². The average Bonchev–Trinajstić information content (AvgIpc) is 2.36. The van der Waals surface area contributed by atoms with Crippen molar-refractivity contribution >= 4 is 0 Å². The Morgan fingerprint density at radius 1 is 1.37 bits per heavy atom. The van der Waals surface area contributed by atoms with Crippen LogP contribution in [0.4, 0.5) is 4.39 Å². The molecule has 0 aliphatic carbocycles. The van der Waals surface area contributed by atoms with E-state index in [0.717, 1.165) is 18.4 Å². The molecule has 0 radical (unpaired) electrons. The van der Waals surface area contributed by atoms with Crippen LogP contribution < -0.4 is 5.73 Å². The molecule has 0 aliphatic heterocycles. The highest BCUT2D eigenvalue weighted by molar-refractivity contribution is 5.28. The highest BCUT2D eigenvalue weighted by atomic mass is 19.1. The number of halogens is 1. The van der Waals surface area contributed by atoms with Gasteiger partial charge in [-0.1, -0.05) is 31.6 Å². The first kappa shape index (κ1) is 15.9. The average molecular weight is 264 g/mol. The summed E-state index contributed by atoms with van der Waals surface area (Å²) in [6.07, 6.45) is 4.56. The predicted molar refractivity (Wildman–Crippen MR) is 79.5 cm³/mol. The Labute approximate surface area is 116 Å². The molecule has 0 amide bonds. The SMILES string of the molecule is C=CCC(N)(c1ccc(F)cc1)C(CCC)N(C)C. The lowest BCUT2D eigenvalue weighted by Crippen LogP contribution is -2.53. The molecule has 3 heteroatoms. The van der Waals surface area contributed by atoms with E-state index in [1.165, 1.54) is 12.1 Å². The maximum atomic E-state index is 13.1. The van der Waals surface area contributed by atoms with Crippen LogP contribution >= 0.6 is 0 Å². The summed E-state index contributed by atoms with van der Waals surface area (Å²) in [6.45, 7) is 5.97. The van der Waals surface area contributed by atoms with Gasteiger partial charge in [-0.25, -0.2) is 4.39 Å². The Morgan fingerprint density at radius 2 is 1.95 bits per heavy atom. The first-order chi connectivity index (χ1) is 8.95. The smallest absolute Gasteiger partial charge is 0.123 e. The molecule has 0 spiro atoms. The molecule has 2 nitrogen and oxygen atoms in total. The van der Waals surface area contributed by atoms with Gasteiger partial charge in [0.1, 0.15) is 5.82 Å². The molecule has 2 unspecified atom stereocenters. The lowest BCUT2D eigenvalue weighted by Gasteiger charge is -2.41. The number of likely N-dealkylation sites (N-methyl/N-ethyl adjacent to an activating group) is 1. The molecule has 0 bridgehead atoms. The van der Waals surface area contributed by atoms with E-state index in [9.17, 15) is 4.39 Å². The molecule has 0 saturated carbocycles. The van der Waals surface area contributed by atoms with Crippen LogP contribution in [0, 0.1) is 5.82 Å². The lowest BCUT2D eigenvalue weighted by molar-refractivity contribution is 0.164. The van der Waals surface area contributed by atoms with Gasteiger partial charge in [-0.05, 0) is 44.6 Å². The fourth-order valence-electron chi connectivity index (χ4n) is 2.70. The molecule has 1 aromatic rings. The molecule has 0 fully saturated rings. The van der Waals surface area contributed by atoms with Crippen LogP contribution in [-0.2, 0) is 5.54 Å². The van der Waals surface area contributed by atoms with Gasteiger partial charge in [-0.15, -0.1) is 6.58 Å². The molecule has 2 atom stereocenters. The van der Waals surface area contributed by atoms with Gasteiger partial charge in [0.15, 0.2) is 0 Å². The predicted octanol–water partition coefficient (Wildman–Crippen LogP) is 3.29. The Morgan fingerprint density at radius 3 is 2.37 bits per heavy atom. The van der Waals surface area contributed by atoms with Crippen molar-refractivity contribution in [3.8, 4) is 0 Å². The normalized spacial score (nSPS) is 16.1. The lowest BCUT2D eigenvalue weighted by atomic mass is 9.78. The van der Waals surface area contributed by atoms with Gasteiger partial charge in [0.2, 0.25) is 0 Å². The van der Waals surface area contributed by atoms with Crippen LogP contribution in [0.3, 0.4) is 0 Å². The second kappa shape index (κ2) is 6.83. The third-order valence-corrected chi connectivity index (χ3v) is 3.64. The van der Waals surface area contributed by atoms with Gasteiger partial charge in [0, 0.05) is 6.04 Å². The monoisotopic (exact) mass is 264 g/mol. The maximum absolute atomic E-state index is 13.1. The summed E-state index contributed by atoms with van der Waals surface area (Å²) in [7, 11) is 4.07. The molecule has 1 aromatic carbocycles. The van der Waals surface area contributed by atoms with Crippen molar-refractivity contribution in [1.29, 1.82) is 0 Å². The largest absolute Gasteiger partial charge is 0.320 e. The van der Waals surface area contributed by atoms with Crippen molar-refractivity contribution in [2.75, 3.05) is 14.1 Å². The molecular formula is C16H25FN2. The van der Waals surface area contributed by atoms with Crippen molar-refractivity contribution in [3.63, 3.8) is 0 Å². The second-order valence-electron chi connectivity index (χ2n) is 5.31. The van der Waals surface area contributed by atoms with Gasteiger partial charge in [-0.3, -0.25) is 0 Å². The number of benzene rings is 1. The van der Waals surface area contributed by atoms with Crippen molar-refractivity contribution < 1.29 is 4.39 Å². The summed E-state index contributed by atoms with van der Waals surface area (Å²) in [5, 5.41) is 0. The fraction of sp³-hybridized carbons (Fsp3) is 0.500. The molecule has 1 rings (SSSR count). The van der Waals surface area contributed by atoms with E-state index in [-0.39, 0.29) is 11.9 Å². The summed E-state index contributed by atoms with van der Waals surface area (Å²) in [4.78, 5) is 2.15. The minimum atomic E-state index is -0.533. The summed E-state index contributed by atoms with van der Waals surface area (Å²) in [6, 6.07) is 6.70. The Balaban J connectivity index is 3.20. The highest BCUT2D eigenvalue weighted by Gasteiger charge is 2.36. The third-order valence-electron chi connectivity index (χ3n) is 3.64. The number of nitrogens with zero attached hydrogens (tertiary/aromatic N) is 1. The van der Waals surface area contributed by atoms with Crippen LogP contribution in [0.15, 0.2) is 36.9 Å². The molecule has 0 aliphatic rings. The van der Waals surface area contributed by atoms with Gasteiger partial charge >= 0.3 is 0 Å². The Bertz CT molecular complexity index is 400. The zero-order valence-electron chi connectivity index (χ0n) is 12.2.